The van der Waals surface area contributed by atoms with Crippen molar-refractivity contribution < 1.29 is 14.3 Å². The van der Waals surface area contributed by atoms with Gasteiger partial charge >= 0.3 is 5.97 Å². The Hall–Kier alpha value is -1.92. The second-order valence-corrected chi connectivity index (χ2v) is 5.26. The first-order valence-electron chi connectivity index (χ1n) is 7.51. The zero-order valence-electron chi connectivity index (χ0n) is 12.6. The summed E-state index contributed by atoms with van der Waals surface area (Å²) in [5, 5.41) is 10.7. The van der Waals surface area contributed by atoms with Gasteiger partial charge in [-0.05, 0) is 32.1 Å². The molecule has 7 heteroatoms. The minimum Gasteiger partial charge on any atom is -0.461 e. The summed E-state index contributed by atoms with van der Waals surface area (Å²) >= 11 is 0. The Balaban J connectivity index is 2.03. The summed E-state index contributed by atoms with van der Waals surface area (Å²) < 4.78 is 6.46. The van der Waals surface area contributed by atoms with Crippen LogP contribution >= 0.6 is 0 Å². The van der Waals surface area contributed by atoms with Crippen molar-refractivity contribution in [2.75, 3.05) is 13.2 Å². The molecule has 0 unspecified atom stereocenters. The van der Waals surface area contributed by atoms with Crippen LogP contribution in [0.1, 0.15) is 49.3 Å². The predicted molar refractivity (Wildman–Crippen MR) is 75.7 cm³/mol. The molecule has 0 radical (unpaired) electrons. The van der Waals surface area contributed by atoms with Gasteiger partial charge in [0.1, 0.15) is 6.54 Å². The molecular formula is C14H22N4O3. The third-order valence-corrected chi connectivity index (χ3v) is 3.37. The molecule has 1 amide bonds. The van der Waals surface area contributed by atoms with E-state index >= 15 is 0 Å². The fourth-order valence-corrected chi connectivity index (χ4v) is 2.07. The van der Waals surface area contributed by atoms with Gasteiger partial charge < -0.3 is 10.1 Å². The Morgan fingerprint density at radius 1 is 1.38 bits per heavy atom. The first-order chi connectivity index (χ1) is 10.2. The van der Waals surface area contributed by atoms with Gasteiger partial charge in [0, 0.05) is 6.54 Å². The van der Waals surface area contributed by atoms with Crippen LogP contribution in [0.5, 0.6) is 0 Å². The maximum atomic E-state index is 11.9. The van der Waals surface area contributed by atoms with Crippen molar-refractivity contribution in [2.45, 2.75) is 46.1 Å². The SMILES string of the molecule is CCCc1c(C(=O)OCC)nnn1CC(=O)NCC1CC1. The van der Waals surface area contributed by atoms with Crippen LogP contribution in [0.4, 0.5) is 0 Å². The van der Waals surface area contributed by atoms with Crippen molar-refractivity contribution in [2.24, 2.45) is 5.92 Å². The van der Waals surface area contributed by atoms with Gasteiger partial charge in [0.15, 0.2) is 5.69 Å². The second-order valence-electron chi connectivity index (χ2n) is 5.26. The zero-order valence-corrected chi connectivity index (χ0v) is 12.6. The van der Waals surface area contributed by atoms with Gasteiger partial charge in [0.25, 0.3) is 0 Å². The number of aromatic nitrogens is 3. The summed E-state index contributed by atoms with van der Waals surface area (Å²) in [5.41, 5.74) is 0.881. The van der Waals surface area contributed by atoms with Gasteiger partial charge in [-0.25, -0.2) is 9.48 Å². The van der Waals surface area contributed by atoms with Crippen LogP contribution in [-0.4, -0.2) is 40.0 Å². The van der Waals surface area contributed by atoms with Crippen LogP contribution in [0.3, 0.4) is 0 Å². The second kappa shape index (κ2) is 7.19. The molecule has 2 rings (SSSR count). The van der Waals surface area contributed by atoms with E-state index in [0.717, 1.165) is 13.0 Å². The largest absolute Gasteiger partial charge is 0.461 e. The zero-order chi connectivity index (χ0) is 15.2. The fraction of sp³-hybridized carbons (Fsp3) is 0.714. The Kier molecular flexibility index (Phi) is 5.30. The molecule has 1 fully saturated rings. The molecular weight excluding hydrogens is 272 g/mol. The molecule has 0 spiro atoms. The number of nitrogens with zero attached hydrogens (tertiary/aromatic N) is 3. The summed E-state index contributed by atoms with van der Waals surface area (Å²) in [7, 11) is 0. The van der Waals surface area contributed by atoms with Crippen molar-refractivity contribution in [1.82, 2.24) is 20.3 Å². The van der Waals surface area contributed by atoms with Crippen LogP contribution in [-0.2, 0) is 22.5 Å². The van der Waals surface area contributed by atoms with E-state index in [4.69, 9.17) is 4.74 Å². The van der Waals surface area contributed by atoms with Crippen molar-refractivity contribution in [1.29, 1.82) is 0 Å². The summed E-state index contributed by atoms with van der Waals surface area (Å²) in [6.45, 7) is 4.85. The van der Waals surface area contributed by atoms with Gasteiger partial charge in [0.05, 0.1) is 12.3 Å². The molecule has 0 bridgehead atoms. The molecule has 0 aliphatic heterocycles. The van der Waals surface area contributed by atoms with Crippen molar-refractivity contribution in [3.63, 3.8) is 0 Å². The highest BCUT2D eigenvalue weighted by molar-refractivity contribution is 5.88. The minimum atomic E-state index is -0.481. The summed E-state index contributed by atoms with van der Waals surface area (Å²) in [5.74, 6) is 0.0556. The predicted octanol–water partition coefficient (Wildman–Crippen LogP) is 0.933. The highest BCUT2D eigenvalue weighted by Crippen LogP contribution is 2.27. The van der Waals surface area contributed by atoms with E-state index in [1.54, 1.807) is 6.92 Å². The maximum Gasteiger partial charge on any atom is 0.360 e. The summed E-state index contributed by atoms with van der Waals surface area (Å²) in [4.78, 5) is 23.7. The summed E-state index contributed by atoms with van der Waals surface area (Å²) in [6, 6.07) is 0. The molecule has 1 aromatic heterocycles. The number of carbonyl (C=O) groups is 2. The summed E-state index contributed by atoms with van der Waals surface area (Å²) in [6.07, 6.45) is 3.86. The van der Waals surface area contributed by atoms with E-state index in [-0.39, 0.29) is 18.1 Å². The van der Waals surface area contributed by atoms with Crippen LogP contribution in [0.25, 0.3) is 0 Å². The Morgan fingerprint density at radius 3 is 2.76 bits per heavy atom. The van der Waals surface area contributed by atoms with Crippen molar-refractivity contribution in [3.8, 4) is 0 Å². The van der Waals surface area contributed by atoms with Crippen LogP contribution in [0.15, 0.2) is 0 Å². The normalized spacial score (nSPS) is 14.0. The lowest BCUT2D eigenvalue weighted by Gasteiger charge is -2.07. The minimum absolute atomic E-state index is 0.0917. The molecule has 1 saturated carbocycles. The van der Waals surface area contributed by atoms with E-state index in [1.165, 1.54) is 17.5 Å². The highest BCUT2D eigenvalue weighted by Gasteiger charge is 2.23. The Labute approximate surface area is 124 Å². The molecule has 7 nitrogen and oxygen atoms in total. The Bertz CT molecular complexity index is 508. The topological polar surface area (TPSA) is 86.1 Å². The third kappa shape index (κ3) is 4.27. The standard InChI is InChI=1S/C14H22N4O3/c1-3-5-11-13(14(20)21-4-2)16-17-18(11)9-12(19)15-8-10-6-7-10/h10H,3-9H2,1-2H3,(H,15,19). The van der Waals surface area contributed by atoms with Gasteiger partial charge in [-0.1, -0.05) is 18.6 Å². The number of esters is 1. The molecule has 1 heterocycles. The van der Waals surface area contributed by atoms with Gasteiger partial charge in [-0.3, -0.25) is 4.79 Å². The monoisotopic (exact) mass is 294 g/mol. The average molecular weight is 294 g/mol. The maximum absolute atomic E-state index is 11.9. The number of hydrogen-bond acceptors (Lipinski definition) is 5. The molecule has 0 aromatic carbocycles. The van der Waals surface area contributed by atoms with E-state index < -0.39 is 5.97 Å². The molecule has 21 heavy (non-hydrogen) atoms. The van der Waals surface area contributed by atoms with E-state index in [2.05, 4.69) is 15.6 Å². The van der Waals surface area contributed by atoms with Gasteiger partial charge in [-0.2, -0.15) is 0 Å². The lowest BCUT2D eigenvalue weighted by Crippen LogP contribution is -2.30. The number of nitrogens with one attached hydrogen (secondary N) is 1. The number of hydrogen-bond donors (Lipinski definition) is 1. The van der Waals surface area contributed by atoms with Crippen molar-refractivity contribution in [3.05, 3.63) is 11.4 Å². The number of carbonyl (C=O) groups excluding carboxylic acids is 2. The highest BCUT2D eigenvalue weighted by atomic mass is 16.5. The molecule has 1 N–H and O–H groups in total. The number of amides is 1. The molecule has 0 saturated heterocycles. The van der Waals surface area contributed by atoms with Crippen LogP contribution in [0.2, 0.25) is 0 Å². The average Bonchev–Trinajstić information content (AvgIpc) is 3.21. The first-order valence-corrected chi connectivity index (χ1v) is 7.51. The van der Waals surface area contributed by atoms with E-state index in [1.807, 2.05) is 6.92 Å². The third-order valence-electron chi connectivity index (χ3n) is 3.37. The lowest BCUT2D eigenvalue weighted by atomic mass is 10.2. The molecule has 1 aliphatic carbocycles. The smallest absolute Gasteiger partial charge is 0.360 e. The first kappa shape index (κ1) is 15.5. The van der Waals surface area contributed by atoms with Gasteiger partial charge in [0.2, 0.25) is 5.91 Å². The quantitative estimate of drug-likeness (QED) is 0.721. The lowest BCUT2D eigenvalue weighted by molar-refractivity contribution is -0.121. The van der Waals surface area contributed by atoms with E-state index in [0.29, 0.717) is 24.6 Å². The molecule has 0 atom stereocenters. The molecule has 116 valence electrons. The number of rotatable bonds is 8. The Morgan fingerprint density at radius 2 is 2.14 bits per heavy atom. The van der Waals surface area contributed by atoms with E-state index in [9.17, 15) is 9.59 Å². The molecule has 1 aromatic rings. The van der Waals surface area contributed by atoms with Crippen LogP contribution in [0, 0.1) is 5.92 Å². The number of ether oxygens (including phenoxy) is 1. The fourth-order valence-electron chi connectivity index (χ4n) is 2.07. The van der Waals surface area contributed by atoms with Crippen LogP contribution < -0.4 is 5.32 Å². The van der Waals surface area contributed by atoms with Gasteiger partial charge in [-0.15, -0.1) is 5.10 Å². The van der Waals surface area contributed by atoms with Crippen molar-refractivity contribution >= 4 is 11.9 Å². The molecule has 1 aliphatic rings.